The predicted octanol–water partition coefficient (Wildman–Crippen LogP) is 4.91. The number of ether oxygens (including phenoxy) is 1. The second-order valence-electron chi connectivity index (χ2n) is 4.32. The Bertz CT molecular complexity index is 665. The Morgan fingerprint density at radius 2 is 1.85 bits per heavy atom. The monoisotopic (exact) mass is 339 g/mol. The third-order valence-corrected chi connectivity index (χ3v) is 4.02. The van der Waals surface area contributed by atoms with E-state index in [1.807, 2.05) is 13.8 Å². The van der Waals surface area contributed by atoms with Crippen LogP contribution in [-0.4, -0.2) is 4.92 Å². The van der Waals surface area contributed by atoms with Crippen LogP contribution in [0, 0.1) is 29.8 Å². The van der Waals surface area contributed by atoms with Gasteiger partial charge in [0.2, 0.25) is 11.6 Å². The van der Waals surface area contributed by atoms with Crippen molar-refractivity contribution in [3.8, 4) is 11.5 Å². The Balaban J connectivity index is 2.45. The van der Waals surface area contributed by atoms with E-state index in [-0.39, 0.29) is 5.75 Å². The smallest absolute Gasteiger partial charge is 0.346 e. The molecule has 0 aliphatic heterocycles. The van der Waals surface area contributed by atoms with Gasteiger partial charge in [0, 0.05) is 4.47 Å². The molecular weight excluding hydrogens is 329 g/mol. The van der Waals surface area contributed by atoms with E-state index < -0.39 is 16.4 Å². The standard InChI is InChI=1S/C14H11BrFNO3/c1-8-6-10(7-9(2)13(8)15)20-12-5-3-4-11(16)14(12)17(18)19/h3-7H,1-2H3. The third-order valence-electron chi connectivity index (χ3n) is 2.77. The van der Waals surface area contributed by atoms with Crippen molar-refractivity contribution in [2.75, 3.05) is 0 Å². The van der Waals surface area contributed by atoms with Crippen LogP contribution in [0.1, 0.15) is 11.1 Å². The van der Waals surface area contributed by atoms with Crippen LogP contribution in [-0.2, 0) is 0 Å². The molecule has 0 N–H and O–H groups in total. The third kappa shape index (κ3) is 2.80. The van der Waals surface area contributed by atoms with Gasteiger partial charge in [0.05, 0.1) is 4.92 Å². The summed E-state index contributed by atoms with van der Waals surface area (Å²) < 4.78 is 19.9. The first kappa shape index (κ1) is 14.5. The second-order valence-corrected chi connectivity index (χ2v) is 5.11. The van der Waals surface area contributed by atoms with Gasteiger partial charge in [-0.1, -0.05) is 22.0 Å². The van der Waals surface area contributed by atoms with Crippen LogP contribution in [0.3, 0.4) is 0 Å². The number of nitrogens with zero attached hydrogens (tertiary/aromatic N) is 1. The number of hydrogen-bond donors (Lipinski definition) is 0. The van der Waals surface area contributed by atoms with Gasteiger partial charge >= 0.3 is 5.69 Å². The van der Waals surface area contributed by atoms with E-state index in [9.17, 15) is 14.5 Å². The average molecular weight is 340 g/mol. The number of para-hydroxylation sites is 1. The molecule has 0 aliphatic carbocycles. The Morgan fingerprint density at radius 3 is 2.40 bits per heavy atom. The summed E-state index contributed by atoms with van der Waals surface area (Å²) in [6.45, 7) is 3.76. The lowest BCUT2D eigenvalue weighted by molar-refractivity contribution is -0.388. The molecule has 20 heavy (non-hydrogen) atoms. The molecule has 0 aromatic heterocycles. The molecule has 0 aliphatic rings. The zero-order valence-corrected chi connectivity index (χ0v) is 12.4. The maximum absolute atomic E-state index is 13.5. The maximum Gasteiger partial charge on any atom is 0.346 e. The molecular formula is C14H11BrFNO3. The minimum atomic E-state index is -0.918. The molecule has 6 heteroatoms. The van der Waals surface area contributed by atoms with Gasteiger partial charge in [0.15, 0.2) is 0 Å². The molecule has 2 aromatic carbocycles. The van der Waals surface area contributed by atoms with Crippen molar-refractivity contribution in [3.05, 3.63) is 61.9 Å². The quantitative estimate of drug-likeness (QED) is 0.589. The molecule has 0 unspecified atom stereocenters. The van der Waals surface area contributed by atoms with Crippen LogP contribution in [0.25, 0.3) is 0 Å². The highest BCUT2D eigenvalue weighted by Crippen LogP contribution is 2.35. The SMILES string of the molecule is Cc1cc(Oc2cccc(F)c2[N+](=O)[O-])cc(C)c1Br. The zero-order chi connectivity index (χ0) is 14.9. The minimum Gasteiger partial charge on any atom is -0.450 e. The summed E-state index contributed by atoms with van der Waals surface area (Å²) in [5.74, 6) is -0.605. The van der Waals surface area contributed by atoms with Gasteiger partial charge in [-0.05, 0) is 49.2 Å². The molecule has 0 saturated heterocycles. The Morgan fingerprint density at radius 1 is 1.25 bits per heavy atom. The maximum atomic E-state index is 13.5. The van der Waals surface area contributed by atoms with Crippen LogP contribution in [0.5, 0.6) is 11.5 Å². The lowest BCUT2D eigenvalue weighted by atomic mass is 10.1. The van der Waals surface area contributed by atoms with Crippen LogP contribution in [0.15, 0.2) is 34.8 Å². The van der Waals surface area contributed by atoms with Gasteiger partial charge in [-0.25, -0.2) is 0 Å². The van der Waals surface area contributed by atoms with Crippen molar-refractivity contribution in [1.82, 2.24) is 0 Å². The molecule has 0 bridgehead atoms. The fourth-order valence-electron chi connectivity index (χ4n) is 1.85. The van der Waals surface area contributed by atoms with E-state index >= 15 is 0 Å². The predicted molar refractivity (Wildman–Crippen MR) is 76.7 cm³/mol. The minimum absolute atomic E-state index is 0.115. The molecule has 0 amide bonds. The van der Waals surface area contributed by atoms with E-state index in [1.54, 1.807) is 12.1 Å². The van der Waals surface area contributed by atoms with Gasteiger partial charge in [0.1, 0.15) is 5.75 Å². The van der Waals surface area contributed by atoms with Crippen LogP contribution in [0.4, 0.5) is 10.1 Å². The molecule has 2 aromatic rings. The topological polar surface area (TPSA) is 52.4 Å². The van der Waals surface area contributed by atoms with Crippen LogP contribution >= 0.6 is 15.9 Å². The van der Waals surface area contributed by atoms with Crippen LogP contribution in [0.2, 0.25) is 0 Å². The Labute approximate surface area is 123 Å². The van der Waals surface area contributed by atoms with Gasteiger partial charge in [-0.2, -0.15) is 4.39 Å². The summed E-state index contributed by atoms with van der Waals surface area (Å²) in [6, 6.07) is 7.23. The lowest BCUT2D eigenvalue weighted by Crippen LogP contribution is -1.97. The van der Waals surface area contributed by atoms with Crippen molar-refractivity contribution < 1.29 is 14.1 Å². The summed E-state index contributed by atoms with van der Waals surface area (Å²) in [6.07, 6.45) is 0. The molecule has 0 radical (unpaired) electrons. The van der Waals surface area contributed by atoms with Gasteiger partial charge in [0.25, 0.3) is 0 Å². The largest absolute Gasteiger partial charge is 0.450 e. The number of hydrogen-bond acceptors (Lipinski definition) is 3. The summed E-state index contributed by atoms with van der Waals surface area (Å²) in [5.41, 5.74) is 1.20. The molecule has 0 heterocycles. The Hall–Kier alpha value is -1.95. The molecule has 0 atom stereocenters. The van der Waals surface area contributed by atoms with Crippen molar-refractivity contribution >= 4 is 21.6 Å². The van der Waals surface area contributed by atoms with Crippen LogP contribution < -0.4 is 4.74 Å². The lowest BCUT2D eigenvalue weighted by Gasteiger charge is -2.10. The van der Waals surface area contributed by atoms with Gasteiger partial charge in [-0.15, -0.1) is 0 Å². The van der Waals surface area contributed by atoms with Crippen molar-refractivity contribution in [1.29, 1.82) is 0 Å². The second kappa shape index (κ2) is 5.58. The highest BCUT2D eigenvalue weighted by molar-refractivity contribution is 9.10. The average Bonchev–Trinajstić information content (AvgIpc) is 2.35. The summed E-state index contributed by atoms with van der Waals surface area (Å²) >= 11 is 3.42. The fraction of sp³-hybridized carbons (Fsp3) is 0.143. The van der Waals surface area contributed by atoms with E-state index in [0.29, 0.717) is 5.75 Å². The molecule has 0 spiro atoms. The van der Waals surface area contributed by atoms with E-state index in [4.69, 9.17) is 4.74 Å². The Kier molecular flexibility index (Phi) is 4.04. The number of nitro groups is 1. The first-order valence-electron chi connectivity index (χ1n) is 5.77. The fourth-order valence-corrected chi connectivity index (χ4v) is 2.08. The number of aryl methyl sites for hydroxylation is 2. The number of halogens is 2. The molecule has 4 nitrogen and oxygen atoms in total. The summed E-state index contributed by atoms with van der Waals surface area (Å²) in [7, 11) is 0. The number of benzene rings is 2. The summed E-state index contributed by atoms with van der Waals surface area (Å²) in [4.78, 5) is 10.1. The first-order valence-corrected chi connectivity index (χ1v) is 6.57. The highest BCUT2D eigenvalue weighted by atomic mass is 79.9. The van der Waals surface area contributed by atoms with Gasteiger partial charge in [-0.3, -0.25) is 10.1 Å². The van der Waals surface area contributed by atoms with Gasteiger partial charge < -0.3 is 4.74 Å². The van der Waals surface area contributed by atoms with E-state index in [0.717, 1.165) is 21.7 Å². The normalized spacial score (nSPS) is 10.4. The van der Waals surface area contributed by atoms with E-state index in [2.05, 4.69) is 15.9 Å². The van der Waals surface area contributed by atoms with Crippen molar-refractivity contribution in [2.24, 2.45) is 0 Å². The zero-order valence-electron chi connectivity index (χ0n) is 10.8. The van der Waals surface area contributed by atoms with E-state index in [1.165, 1.54) is 12.1 Å². The van der Waals surface area contributed by atoms with Crippen molar-refractivity contribution in [3.63, 3.8) is 0 Å². The molecule has 2 rings (SSSR count). The number of nitro benzene ring substituents is 1. The summed E-state index contributed by atoms with van der Waals surface area (Å²) in [5, 5.41) is 10.9. The highest BCUT2D eigenvalue weighted by Gasteiger charge is 2.21. The molecule has 0 fully saturated rings. The van der Waals surface area contributed by atoms with Crippen molar-refractivity contribution in [2.45, 2.75) is 13.8 Å². The molecule has 104 valence electrons. The number of rotatable bonds is 3. The first-order chi connectivity index (χ1) is 9.40. The molecule has 0 saturated carbocycles.